The topological polar surface area (TPSA) is 53.6 Å². The molecule has 0 aliphatic rings. The summed E-state index contributed by atoms with van der Waals surface area (Å²) in [5.74, 6) is 0. The van der Waals surface area contributed by atoms with Gasteiger partial charge < -0.3 is 5.32 Å². The molecule has 1 N–H and O–H groups in total. The van der Waals surface area contributed by atoms with Crippen molar-refractivity contribution in [2.75, 3.05) is 5.32 Å². The molecule has 0 radical (unpaired) electrons. The van der Waals surface area contributed by atoms with Gasteiger partial charge in [-0.3, -0.25) is 4.68 Å². The Morgan fingerprint density at radius 1 is 1.33 bits per heavy atom. The second kappa shape index (κ2) is 5.37. The van der Waals surface area contributed by atoms with Crippen LogP contribution in [0.15, 0.2) is 36.5 Å². The van der Waals surface area contributed by atoms with Crippen LogP contribution in [0.3, 0.4) is 0 Å². The van der Waals surface area contributed by atoms with Crippen molar-refractivity contribution in [1.82, 2.24) is 9.78 Å². The third-order valence-corrected chi connectivity index (χ3v) is 2.70. The van der Waals surface area contributed by atoms with Crippen LogP contribution in [0.5, 0.6) is 0 Å². The molecule has 4 nitrogen and oxygen atoms in total. The fraction of sp³-hybridized carbons (Fsp3) is 0.286. The number of anilines is 1. The molecule has 2 rings (SSSR count). The molecule has 1 aromatic heterocycles. The van der Waals surface area contributed by atoms with Gasteiger partial charge in [-0.15, -0.1) is 0 Å². The van der Waals surface area contributed by atoms with Crippen molar-refractivity contribution in [3.8, 4) is 6.07 Å². The van der Waals surface area contributed by atoms with E-state index in [-0.39, 0.29) is 0 Å². The lowest BCUT2D eigenvalue weighted by Gasteiger charge is -2.07. The summed E-state index contributed by atoms with van der Waals surface area (Å²) in [5, 5.41) is 16.7. The molecule has 0 unspecified atom stereocenters. The smallest absolute Gasteiger partial charge is 0.101 e. The fourth-order valence-corrected chi connectivity index (χ4v) is 1.68. The molecule has 0 atom stereocenters. The maximum absolute atomic E-state index is 8.98. The Kier molecular flexibility index (Phi) is 3.63. The Balaban J connectivity index is 2.05. The lowest BCUT2D eigenvalue weighted by Crippen LogP contribution is -2.05. The number of para-hydroxylation sites is 1. The molecule has 0 fully saturated rings. The highest BCUT2D eigenvalue weighted by atomic mass is 15.3. The first-order valence-electron chi connectivity index (χ1n) is 5.97. The van der Waals surface area contributed by atoms with Gasteiger partial charge in [0.05, 0.1) is 23.5 Å². The van der Waals surface area contributed by atoms with Crippen LogP contribution < -0.4 is 5.32 Å². The molecule has 0 saturated heterocycles. The number of nitrogens with zero attached hydrogens (tertiary/aromatic N) is 3. The van der Waals surface area contributed by atoms with Gasteiger partial charge in [0.2, 0.25) is 0 Å². The molecule has 0 aliphatic heterocycles. The molecule has 92 valence electrons. The number of nitriles is 1. The lowest BCUT2D eigenvalue weighted by atomic mass is 10.2. The van der Waals surface area contributed by atoms with Crippen LogP contribution in [0.25, 0.3) is 0 Å². The number of rotatable bonds is 4. The van der Waals surface area contributed by atoms with E-state index in [1.807, 2.05) is 35.1 Å². The van der Waals surface area contributed by atoms with Crippen LogP contribution in [0.1, 0.15) is 31.1 Å². The Morgan fingerprint density at radius 3 is 2.78 bits per heavy atom. The minimum atomic E-state index is 0.366. The molecule has 0 saturated carbocycles. The van der Waals surface area contributed by atoms with Gasteiger partial charge in [-0.25, -0.2) is 0 Å². The van der Waals surface area contributed by atoms with Crippen molar-refractivity contribution < 1.29 is 0 Å². The van der Waals surface area contributed by atoms with E-state index < -0.39 is 0 Å². The Labute approximate surface area is 107 Å². The third-order valence-electron chi connectivity index (χ3n) is 2.70. The lowest BCUT2D eigenvalue weighted by molar-refractivity contribution is 0.527. The van der Waals surface area contributed by atoms with Crippen LogP contribution in [-0.2, 0) is 6.54 Å². The zero-order valence-electron chi connectivity index (χ0n) is 10.6. The van der Waals surface area contributed by atoms with Gasteiger partial charge in [-0.2, -0.15) is 10.4 Å². The van der Waals surface area contributed by atoms with E-state index in [0.29, 0.717) is 18.2 Å². The van der Waals surface area contributed by atoms with E-state index in [4.69, 9.17) is 5.26 Å². The molecule has 0 amide bonds. The average Bonchev–Trinajstić information content (AvgIpc) is 2.85. The van der Waals surface area contributed by atoms with E-state index in [2.05, 4.69) is 30.3 Å². The van der Waals surface area contributed by atoms with Gasteiger partial charge in [0.15, 0.2) is 0 Å². The first-order chi connectivity index (χ1) is 8.70. The number of hydrogen-bond donors (Lipinski definition) is 1. The molecule has 0 aliphatic carbocycles. The van der Waals surface area contributed by atoms with Crippen molar-refractivity contribution in [2.45, 2.75) is 26.4 Å². The highest BCUT2D eigenvalue weighted by Crippen LogP contribution is 2.14. The standard InChI is InChI=1S/C14H16N4/c1-11(2)18-8-7-13(17-18)10-16-14-6-4-3-5-12(14)9-15/h3-8,11,16H,10H2,1-2H3. The van der Waals surface area contributed by atoms with Gasteiger partial charge in [0.1, 0.15) is 6.07 Å². The van der Waals surface area contributed by atoms with Crippen molar-refractivity contribution in [2.24, 2.45) is 0 Å². The maximum atomic E-state index is 8.98. The summed E-state index contributed by atoms with van der Waals surface area (Å²) >= 11 is 0. The van der Waals surface area contributed by atoms with E-state index in [1.165, 1.54) is 0 Å². The summed E-state index contributed by atoms with van der Waals surface area (Å²) in [6.45, 7) is 4.81. The van der Waals surface area contributed by atoms with Crippen molar-refractivity contribution in [1.29, 1.82) is 5.26 Å². The molecule has 1 heterocycles. The molecular formula is C14H16N4. The van der Waals surface area contributed by atoms with Crippen molar-refractivity contribution >= 4 is 5.69 Å². The third kappa shape index (κ3) is 2.69. The first kappa shape index (κ1) is 12.2. The van der Waals surface area contributed by atoms with E-state index >= 15 is 0 Å². The Morgan fingerprint density at radius 2 is 2.11 bits per heavy atom. The summed E-state index contributed by atoms with van der Waals surface area (Å²) in [6.07, 6.45) is 1.97. The van der Waals surface area contributed by atoms with Gasteiger partial charge >= 0.3 is 0 Å². The number of aromatic nitrogens is 2. The normalized spacial score (nSPS) is 10.3. The maximum Gasteiger partial charge on any atom is 0.101 e. The Hall–Kier alpha value is -2.28. The summed E-state index contributed by atoms with van der Waals surface area (Å²) in [4.78, 5) is 0. The molecule has 1 aromatic carbocycles. The van der Waals surface area contributed by atoms with Crippen LogP contribution in [0.4, 0.5) is 5.69 Å². The second-order valence-corrected chi connectivity index (χ2v) is 4.39. The minimum Gasteiger partial charge on any atom is -0.378 e. The number of benzene rings is 1. The van der Waals surface area contributed by atoms with Crippen LogP contribution in [-0.4, -0.2) is 9.78 Å². The monoisotopic (exact) mass is 240 g/mol. The molecule has 18 heavy (non-hydrogen) atoms. The van der Waals surface area contributed by atoms with Crippen LogP contribution in [0, 0.1) is 11.3 Å². The average molecular weight is 240 g/mol. The van der Waals surface area contributed by atoms with Gasteiger partial charge in [-0.1, -0.05) is 12.1 Å². The summed E-state index contributed by atoms with van der Waals surface area (Å²) in [5.41, 5.74) is 2.47. The Bertz CT molecular complexity index is 563. The highest BCUT2D eigenvalue weighted by Gasteiger charge is 2.03. The van der Waals surface area contributed by atoms with Gasteiger partial charge in [0, 0.05) is 12.2 Å². The minimum absolute atomic E-state index is 0.366. The highest BCUT2D eigenvalue weighted by molar-refractivity contribution is 5.57. The fourth-order valence-electron chi connectivity index (χ4n) is 1.68. The summed E-state index contributed by atoms with van der Waals surface area (Å²) < 4.78 is 1.92. The SMILES string of the molecule is CC(C)n1ccc(CNc2ccccc2C#N)n1. The zero-order valence-corrected chi connectivity index (χ0v) is 10.6. The summed E-state index contributed by atoms with van der Waals surface area (Å²) in [7, 11) is 0. The quantitative estimate of drug-likeness (QED) is 0.893. The largest absolute Gasteiger partial charge is 0.378 e. The molecule has 4 heteroatoms. The zero-order chi connectivity index (χ0) is 13.0. The van der Waals surface area contributed by atoms with Gasteiger partial charge in [-0.05, 0) is 32.0 Å². The molecule has 0 spiro atoms. The van der Waals surface area contributed by atoms with E-state index in [1.54, 1.807) is 6.07 Å². The molecular weight excluding hydrogens is 224 g/mol. The van der Waals surface area contributed by atoms with Crippen molar-refractivity contribution in [3.63, 3.8) is 0 Å². The van der Waals surface area contributed by atoms with Gasteiger partial charge in [0.25, 0.3) is 0 Å². The summed E-state index contributed by atoms with van der Waals surface area (Å²) in [6, 6.07) is 12.0. The predicted octanol–water partition coefficient (Wildman–Crippen LogP) is 2.95. The predicted molar refractivity (Wildman–Crippen MR) is 71.1 cm³/mol. The van der Waals surface area contributed by atoms with Crippen LogP contribution in [0.2, 0.25) is 0 Å². The molecule has 2 aromatic rings. The second-order valence-electron chi connectivity index (χ2n) is 4.39. The number of nitrogens with one attached hydrogen (secondary N) is 1. The molecule has 0 bridgehead atoms. The van der Waals surface area contributed by atoms with Crippen LogP contribution >= 0.6 is 0 Å². The van der Waals surface area contributed by atoms with Crippen molar-refractivity contribution in [3.05, 3.63) is 47.8 Å². The first-order valence-corrected chi connectivity index (χ1v) is 5.97. The van der Waals surface area contributed by atoms with E-state index in [0.717, 1.165) is 11.4 Å². The number of hydrogen-bond acceptors (Lipinski definition) is 3. The van der Waals surface area contributed by atoms with E-state index in [9.17, 15) is 0 Å².